The Labute approximate surface area is 562 Å². The summed E-state index contributed by atoms with van der Waals surface area (Å²) in [5.41, 5.74) is 29.5. The Kier molecular flexibility index (Phi) is 31.7. The molecule has 2 heterocycles. The van der Waals surface area contributed by atoms with Crippen molar-refractivity contribution < 1.29 is 92.7 Å². The van der Waals surface area contributed by atoms with E-state index < -0.39 is 195 Å². The summed E-state index contributed by atoms with van der Waals surface area (Å²) in [6.07, 6.45) is -2.22. The number of nitrogens with one attached hydrogen (secondary N) is 10. The van der Waals surface area contributed by atoms with Gasteiger partial charge in [0, 0.05) is 49.5 Å². The molecule has 0 saturated carbocycles. The van der Waals surface area contributed by atoms with Gasteiger partial charge >= 0.3 is 11.9 Å². The van der Waals surface area contributed by atoms with Crippen LogP contribution >= 0.6 is 0 Å². The van der Waals surface area contributed by atoms with Gasteiger partial charge < -0.3 is 112 Å². The number of aliphatic carboxylic acids is 2. The lowest BCUT2D eigenvalue weighted by molar-refractivity contribution is -0.143. The number of aliphatic imine (C=N–C) groups is 1. The molecule has 1 aliphatic rings. The van der Waals surface area contributed by atoms with E-state index in [1.54, 1.807) is 38.1 Å². The van der Waals surface area contributed by atoms with Crippen molar-refractivity contribution in [3.05, 3.63) is 65.9 Å². The molecule has 0 unspecified atom stereocenters. The minimum absolute atomic E-state index is 0.00282. The number of rotatable bonds is 41. The molecule has 1 fully saturated rings. The number of carbonyl (C=O) groups excluding carboxylic acids is 12. The number of amides is 12. The molecule has 1 aliphatic heterocycles. The first kappa shape index (κ1) is 79.9. The summed E-state index contributed by atoms with van der Waals surface area (Å²) in [6, 6.07) is -5.54. The van der Waals surface area contributed by atoms with Gasteiger partial charge in [0.05, 0.1) is 32.1 Å². The number of primary amides is 2. The van der Waals surface area contributed by atoms with E-state index in [-0.39, 0.29) is 81.6 Å². The zero-order valence-electron chi connectivity index (χ0n) is 54.7. The van der Waals surface area contributed by atoms with E-state index in [0.717, 1.165) is 4.90 Å². The number of phenolic OH excluding ortho intramolecular Hbond substituents is 1. The van der Waals surface area contributed by atoms with E-state index in [4.69, 9.17) is 28.7 Å². The van der Waals surface area contributed by atoms with E-state index in [1.807, 2.05) is 13.8 Å². The smallest absolute Gasteiger partial charge is 0.326 e. The molecule has 2 aromatic carbocycles. The minimum atomic E-state index is -2.00. The van der Waals surface area contributed by atoms with E-state index in [1.165, 1.54) is 30.5 Å². The number of guanidine groups is 1. The Hall–Kier alpha value is -10.5. The van der Waals surface area contributed by atoms with Gasteiger partial charge in [-0.1, -0.05) is 58.0 Å². The maximum Gasteiger partial charge on any atom is 0.326 e. The average molecular weight is 1380 g/mol. The topological polar surface area (TPSA) is 610 Å². The van der Waals surface area contributed by atoms with Gasteiger partial charge in [0.15, 0.2) is 5.96 Å². The number of hydrogen-bond acceptors (Lipinski definition) is 19. The molecule has 36 heteroatoms. The first-order valence-corrected chi connectivity index (χ1v) is 31.6. The van der Waals surface area contributed by atoms with Gasteiger partial charge in [-0.2, -0.15) is 0 Å². The molecule has 1 aromatic heterocycles. The zero-order valence-corrected chi connectivity index (χ0v) is 54.7. The van der Waals surface area contributed by atoms with Crippen LogP contribution in [0.4, 0.5) is 0 Å². The fourth-order valence-corrected chi connectivity index (χ4v) is 10.6. The summed E-state index contributed by atoms with van der Waals surface area (Å²) in [5, 5.41) is 72.2. The number of H-pyrrole nitrogens is 1. The van der Waals surface area contributed by atoms with Gasteiger partial charge in [0.2, 0.25) is 70.9 Å². The number of nitrogens with two attached hydrogens (primary N) is 5. The second kappa shape index (κ2) is 38.9. The number of phenols is 1. The maximum atomic E-state index is 14.5. The molecule has 3 aromatic rings. The first-order chi connectivity index (χ1) is 46.2. The fraction of sp³-hybridized carbons (Fsp3) is 0.532. The number of aliphatic hydroxyl groups excluding tert-OH is 2. The van der Waals surface area contributed by atoms with Crippen LogP contribution in [0, 0.1) is 11.8 Å². The number of carboxylic acid groups (broad SMARTS) is 2. The third-order valence-corrected chi connectivity index (χ3v) is 15.5. The quantitative estimate of drug-likeness (QED) is 0.0143. The third-order valence-electron chi connectivity index (χ3n) is 15.5. The molecule has 25 N–H and O–H groups in total. The van der Waals surface area contributed by atoms with Crippen molar-refractivity contribution >= 4 is 99.7 Å². The lowest BCUT2D eigenvalue weighted by Crippen LogP contribution is -2.61. The van der Waals surface area contributed by atoms with Gasteiger partial charge in [-0.15, -0.1) is 0 Å². The fourth-order valence-electron chi connectivity index (χ4n) is 10.6. The number of aromatic nitrogens is 1. The van der Waals surface area contributed by atoms with E-state index >= 15 is 0 Å². The van der Waals surface area contributed by atoms with E-state index in [9.17, 15) is 92.7 Å². The summed E-state index contributed by atoms with van der Waals surface area (Å²) in [5.74, 6) is -16.6. The number of aromatic hydroxyl groups is 1. The van der Waals surface area contributed by atoms with Crippen molar-refractivity contribution in [1.29, 1.82) is 0 Å². The Bertz CT molecular complexity index is 3360. The monoisotopic (exact) mass is 1380 g/mol. The second-order valence-electron chi connectivity index (χ2n) is 24.5. The summed E-state index contributed by atoms with van der Waals surface area (Å²) in [4.78, 5) is 197. The average Bonchev–Trinajstić information content (AvgIpc) is 1.66. The Balaban J connectivity index is 1.57. The molecule has 538 valence electrons. The number of benzene rings is 2. The number of carboxylic acids is 2. The van der Waals surface area contributed by atoms with Crippen molar-refractivity contribution in [1.82, 2.24) is 57.7 Å². The van der Waals surface area contributed by atoms with Crippen molar-refractivity contribution in [2.75, 3.05) is 26.3 Å². The number of fused-ring (bicyclic) bond motifs is 1. The first-order valence-electron chi connectivity index (χ1n) is 31.6. The third kappa shape index (κ3) is 25.9. The molecule has 1 saturated heterocycles. The normalized spacial score (nSPS) is 15.8. The highest BCUT2D eigenvalue weighted by atomic mass is 16.4. The number of aromatic amines is 1. The molecule has 0 radical (unpaired) electrons. The van der Waals surface area contributed by atoms with Crippen LogP contribution in [0.15, 0.2) is 59.7 Å². The van der Waals surface area contributed by atoms with Crippen molar-refractivity contribution in [2.45, 2.75) is 171 Å². The molecule has 11 atom stereocenters. The summed E-state index contributed by atoms with van der Waals surface area (Å²) >= 11 is 0. The lowest BCUT2D eigenvalue weighted by atomic mass is 10.0. The largest absolute Gasteiger partial charge is 0.508 e. The van der Waals surface area contributed by atoms with Crippen LogP contribution in [0.5, 0.6) is 5.75 Å². The number of para-hydroxylation sites is 1. The molecule has 4 rings (SSSR count). The standard InChI is InChI=1S/C62H91N17O19/c1-30(2)21-36(63)51(87)72-40(23-32-13-15-34(82)16-14-32)54(90)70-38(11-7-19-68-62(66)67)52(88)78-46(29-81)60(96)79-20-8-12-47(79)59(95)77-45(28-80)58(94)75-42(25-48(64)83)56(92)73-41(24-33-27-69-37-10-6-5-9-35(33)37)55(91)71-39(17-18-50(85)86)53(89)74-43(26-49(65)84)57(93)76-44(61(97)98)22-31(3)4/h5-6,9-10,13-16,27,30-31,36,38-47,69,80-82H,7-8,11-12,17-26,28-29,63H2,1-4H3,(H2,64,83)(H2,65,84)(H,70,90)(H,71,91)(H,72,87)(H,73,92)(H,74,89)(H,75,94)(H,76,93)(H,77,95)(H,78,88)(H,85,86)(H,97,98)(H4,66,67,68)/t36-,38-,39-,40-,41-,42-,43-,44-,45-,46-,47-/m0/s1. The van der Waals surface area contributed by atoms with Gasteiger partial charge in [0.25, 0.3) is 0 Å². The molecular weight excluding hydrogens is 1290 g/mol. The number of hydrogen-bond donors (Lipinski definition) is 20. The zero-order chi connectivity index (χ0) is 73.1. The van der Waals surface area contributed by atoms with Crippen molar-refractivity contribution in [3.63, 3.8) is 0 Å². The summed E-state index contributed by atoms with van der Waals surface area (Å²) in [6.45, 7) is 4.63. The van der Waals surface area contributed by atoms with Gasteiger partial charge in [-0.05, 0) is 86.1 Å². The molecule has 12 amide bonds. The number of likely N-dealkylation sites (tertiary alicyclic amines) is 1. The highest BCUT2D eigenvalue weighted by molar-refractivity contribution is 6.01. The Morgan fingerprint density at radius 3 is 1.58 bits per heavy atom. The van der Waals surface area contributed by atoms with Crippen LogP contribution in [-0.2, 0) is 80.0 Å². The molecule has 0 bridgehead atoms. The lowest BCUT2D eigenvalue weighted by Gasteiger charge is -2.30. The van der Waals surface area contributed by atoms with Crippen LogP contribution in [0.25, 0.3) is 10.9 Å². The predicted octanol–water partition coefficient (Wildman–Crippen LogP) is -5.83. The maximum absolute atomic E-state index is 14.5. The number of nitrogens with zero attached hydrogens (tertiary/aromatic N) is 2. The molecular formula is C62H91N17O19. The molecule has 0 aliphatic carbocycles. The molecule has 98 heavy (non-hydrogen) atoms. The summed E-state index contributed by atoms with van der Waals surface area (Å²) < 4.78 is 0. The minimum Gasteiger partial charge on any atom is -0.508 e. The SMILES string of the molecule is CC(C)C[C@H](NC(=O)[C@H](CC(N)=O)NC(=O)[C@H](CCC(=O)O)NC(=O)[C@H](Cc1c[nH]c2ccccc12)NC(=O)[C@H](CC(N)=O)NC(=O)[C@H](CO)NC(=O)[C@@H]1CCCN1C(=O)[C@H](CO)NC(=O)[C@H](CCCN=C(N)N)NC(=O)[C@H](Cc1ccc(O)cc1)NC(=O)[C@@H](N)CC(C)C)C(=O)O. The van der Waals surface area contributed by atoms with Crippen LogP contribution in [0.2, 0.25) is 0 Å². The second-order valence-corrected chi connectivity index (χ2v) is 24.5. The van der Waals surface area contributed by atoms with Crippen LogP contribution in [-0.4, -0.2) is 217 Å². The molecule has 36 nitrogen and oxygen atoms in total. The number of aliphatic hydroxyl groups is 2. The van der Waals surface area contributed by atoms with Crippen LogP contribution in [0.1, 0.15) is 103 Å². The Morgan fingerprint density at radius 1 is 0.571 bits per heavy atom. The van der Waals surface area contributed by atoms with Crippen LogP contribution < -0.4 is 76.5 Å². The van der Waals surface area contributed by atoms with Crippen molar-refractivity contribution in [3.8, 4) is 5.75 Å². The number of carbonyl (C=O) groups is 14. The van der Waals surface area contributed by atoms with E-state index in [0.29, 0.717) is 22.0 Å². The van der Waals surface area contributed by atoms with Crippen LogP contribution in [0.3, 0.4) is 0 Å². The Morgan fingerprint density at radius 2 is 1.05 bits per heavy atom. The van der Waals surface area contributed by atoms with E-state index in [2.05, 4.69) is 57.8 Å². The van der Waals surface area contributed by atoms with Gasteiger partial charge in [0.1, 0.15) is 66.2 Å². The predicted molar refractivity (Wildman–Crippen MR) is 349 cm³/mol. The highest BCUT2D eigenvalue weighted by Gasteiger charge is 2.41. The highest BCUT2D eigenvalue weighted by Crippen LogP contribution is 2.22. The van der Waals surface area contributed by atoms with Gasteiger partial charge in [-0.3, -0.25) is 67.3 Å². The summed E-state index contributed by atoms with van der Waals surface area (Å²) in [7, 11) is 0. The molecule has 0 spiro atoms. The van der Waals surface area contributed by atoms with Crippen molar-refractivity contribution in [2.24, 2.45) is 45.5 Å². The van der Waals surface area contributed by atoms with Gasteiger partial charge in [-0.25, -0.2) is 4.79 Å².